The second kappa shape index (κ2) is 6.20. The molecule has 5 heteroatoms. The average molecular weight is 311 g/mol. The summed E-state index contributed by atoms with van der Waals surface area (Å²) in [5, 5.41) is 3.21. The van der Waals surface area contributed by atoms with Crippen LogP contribution >= 0.6 is 11.8 Å². The zero-order valence-corrected chi connectivity index (χ0v) is 13.4. The number of furan rings is 1. The summed E-state index contributed by atoms with van der Waals surface area (Å²) in [4.78, 5) is 0.715. The van der Waals surface area contributed by atoms with Gasteiger partial charge in [0.1, 0.15) is 17.4 Å². The second-order valence-electron chi connectivity index (χ2n) is 5.94. The summed E-state index contributed by atoms with van der Waals surface area (Å²) < 4.78 is 33.4. The summed E-state index contributed by atoms with van der Waals surface area (Å²) in [5.74, 6) is -0.449. The van der Waals surface area contributed by atoms with Crippen LogP contribution in [-0.2, 0) is 6.54 Å². The molecule has 0 bridgehead atoms. The molecular formula is C16H19F2NOS. The summed E-state index contributed by atoms with van der Waals surface area (Å²) >= 11 is 1.04. The van der Waals surface area contributed by atoms with Crippen LogP contribution in [0, 0.1) is 18.6 Å². The highest BCUT2D eigenvalue weighted by Gasteiger charge is 2.16. The maximum Gasteiger partial charge on any atom is 0.140 e. The van der Waals surface area contributed by atoms with Gasteiger partial charge in [0, 0.05) is 12.1 Å². The fraction of sp³-hybridized carbons (Fsp3) is 0.375. The molecule has 2 aromatic rings. The number of benzene rings is 1. The lowest BCUT2D eigenvalue weighted by molar-refractivity contribution is 0.422. The largest absolute Gasteiger partial charge is 0.468 e. The molecule has 1 aromatic carbocycles. The Morgan fingerprint density at radius 2 is 1.81 bits per heavy atom. The maximum absolute atomic E-state index is 14.1. The molecule has 0 saturated carbocycles. The van der Waals surface area contributed by atoms with Gasteiger partial charge in [0.25, 0.3) is 0 Å². The molecule has 0 atom stereocenters. The van der Waals surface area contributed by atoms with Crippen molar-refractivity contribution < 1.29 is 13.2 Å². The number of rotatable bonds is 4. The van der Waals surface area contributed by atoms with E-state index in [-0.39, 0.29) is 10.4 Å². The molecular weight excluding hydrogens is 292 g/mol. The first-order valence-electron chi connectivity index (χ1n) is 6.71. The van der Waals surface area contributed by atoms with Crippen molar-refractivity contribution in [2.75, 3.05) is 0 Å². The van der Waals surface area contributed by atoms with Crippen LogP contribution in [0.1, 0.15) is 32.1 Å². The van der Waals surface area contributed by atoms with Gasteiger partial charge in [0.15, 0.2) is 0 Å². The third-order valence-electron chi connectivity index (χ3n) is 2.90. The minimum atomic E-state index is -0.550. The Hall–Kier alpha value is -1.33. The van der Waals surface area contributed by atoms with Crippen LogP contribution in [0.5, 0.6) is 0 Å². The van der Waals surface area contributed by atoms with E-state index in [9.17, 15) is 8.78 Å². The van der Waals surface area contributed by atoms with Gasteiger partial charge in [0.05, 0.1) is 16.1 Å². The molecule has 0 amide bonds. The summed E-state index contributed by atoms with van der Waals surface area (Å²) in [5.41, 5.74) is 0.488. The predicted molar refractivity (Wildman–Crippen MR) is 80.5 cm³/mol. The topological polar surface area (TPSA) is 25.2 Å². The zero-order valence-electron chi connectivity index (χ0n) is 12.6. The number of aryl methyl sites for hydroxylation is 1. The smallest absolute Gasteiger partial charge is 0.140 e. The maximum atomic E-state index is 14.1. The SMILES string of the molecule is Cc1occc1Sc1c(F)cc(CNC(C)(C)C)cc1F. The fourth-order valence-corrected chi connectivity index (χ4v) is 2.62. The highest BCUT2D eigenvalue weighted by molar-refractivity contribution is 7.99. The van der Waals surface area contributed by atoms with Crippen molar-refractivity contribution in [2.45, 2.75) is 49.6 Å². The molecule has 0 aliphatic carbocycles. The van der Waals surface area contributed by atoms with E-state index in [1.807, 2.05) is 20.8 Å². The van der Waals surface area contributed by atoms with Gasteiger partial charge in [-0.15, -0.1) is 0 Å². The number of hydrogen-bond donors (Lipinski definition) is 1. The van der Waals surface area contributed by atoms with Crippen molar-refractivity contribution in [3.63, 3.8) is 0 Å². The number of halogens is 2. The molecule has 0 aliphatic heterocycles. The van der Waals surface area contributed by atoms with Crippen molar-refractivity contribution >= 4 is 11.8 Å². The van der Waals surface area contributed by atoms with E-state index < -0.39 is 11.6 Å². The Morgan fingerprint density at radius 3 is 2.29 bits per heavy atom. The lowest BCUT2D eigenvalue weighted by Gasteiger charge is -2.20. The van der Waals surface area contributed by atoms with Crippen molar-refractivity contribution in [2.24, 2.45) is 0 Å². The summed E-state index contributed by atoms with van der Waals surface area (Å²) in [6, 6.07) is 4.45. The lowest BCUT2D eigenvalue weighted by Crippen LogP contribution is -2.35. The Kier molecular flexibility index (Phi) is 4.74. The molecule has 0 spiro atoms. The molecule has 0 saturated heterocycles. The molecule has 1 N–H and O–H groups in total. The van der Waals surface area contributed by atoms with Crippen LogP contribution in [0.2, 0.25) is 0 Å². The molecule has 21 heavy (non-hydrogen) atoms. The van der Waals surface area contributed by atoms with Gasteiger partial charge in [-0.25, -0.2) is 8.78 Å². The van der Waals surface area contributed by atoms with E-state index in [2.05, 4.69) is 5.32 Å². The van der Waals surface area contributed by atoms with E-state index in [1.165, 1.54) is 18.4 Å². The molecule has 1 aromatic heterocycles. The first kappa shape index (κ1) is 16.0. The van der Waals surface area contributed by atoms with Gasteiger partial charge in [-0.1, -0.05) is 11.8 Å². The van der Waals surface area contributed by atoms with Crippen LogP contribution in [-0.4, -0.2) is 5.54 Å². The van der Waals surface area contributed by atoms with Crippen molar-refractivity contribution in [1.82, 2.24) is 5.32 Å². The van der Waals surface area contributed by atoms with Gasteiger partial charge in [0.2, 0.25) is 0 Å². The number of nitrogens with one attached hydrogen (secondary N) is 1. The van der Waals surface area contributed by atoms with Gasteiger partial charge in [-0.3, -0.25) is 0 Å². The third-order valence-corrected chi connectivity index (χ3v) is 4.14. The normalized spacial score (nSPS) is 11.9. The summed E-state index contributed by atoms with van der Waals surface area (Å²) in [6.07, 6.45) is 1.51. The Bertz CT molecular complexity index is 608. The van der Waals surface area contributed by atoms with Gasteiger partial charge < -0.3 is 9.73 Å². The van der Waals surface area contributed by atoms with Crippen LogP contribution in [0.25, 0.3) is 0 Å². The van der Waals surface area contributed by atoms with E-state index in [0.717, 1.165) is 11.8 Å². The highest BCUT2D eigenvalue weighted by Crippen LogP contribution is 2.35. The standard InChI is InChI=1S/C16H19F2NOS/c1-10-14(5-6-20-10)21-15-12(17)7-11(8-13(15)18)9-19-16(2,3)4/h5-8,19H,9H2,1-4H3. The van der Waals surface area contributed by atoms with Gasteiger partial charge in [-0.05, 0) is 51.5 Å². The van der Waals surface area contributed by atoms with Crippen LogP contribution in [0.15, 0.2) is 38.7 Å². The molecule has 2 nitrogen and oxygen atoms in total. The Balaban J connectivity index is 2.19. The molecule has 0 aliphatic rings. The zero-order chi connectivity index (χ0) is 15.6. The van der Waals surface area contributed by atoms with E-state index >= 15 is 0 Å². The average Bonchev–Trinajstić information content (AvgIpc) is 2.76. The van der Waals surface area contributed by atoms with Crippen LogP contribution < -0.4 is 5.32 Å². The van der Waals surface area contributed by atoms with Crippen molar-refractivity contribution in [3.8, 4) is 0 Å². The van der Waals surface area contributed by atoms with E-state index in [4.69, 9.17) is 4.42 Å². The first-order chi connectivity index (χ1) is 9.76. The predicted octanol–water partition coefficient (Wildman–Crippen LogP) is 4.91. The Labute approximate surface area is 127 Å². The lowest BCUT2D eigenvalue weighted by atomic mass is 10.1. The quantitative estimate of drug-likeness (QED) is 0.869. The number of hydrogen-bond acceptors (Lipinski definition) is 3. The monoisotopic (exact) mass is 311 g/mol. The molecule has 2 rings (SSSR count). The highest BCUT2D eigenvalue weighted by atomic mass is 32.2. The van der Waals surface area contributed by atoms with Gasteiger partial charge >= 0.3 is 0 Å². The molecule has 0 fully saturated rings. The van der Waals surface area contributed by atoms with Crippen molar-refractivity contribution in [1.29, 1.82) is 0 Å². The summed E-state index contributed by atoms with van der Waals surface area (Å²) in [7, 11) is 0. The van der Waals surface area contributed by atoms with Crippen LogP contribution in [0.4, 0.5) is 8.78 Å². The Morgan fingerprint density at radius 1 is 1.19 bits per heavy atom. The minimum Gasteiger partial charge on any atom is -0.468 e. The minimum absolute atomic E-state index is 0.000918. The molecule has 0 unspecified atom stereocenters. The van der Waals surface area contributed by atoms with Crippen LogP contribution in [0.3, 0.4) is 0 Å². The van der Waals surface area contributed by atoms with Crippen molar-refractivity contribution in [3.05, 3.63) is 47.4 Å². The van der Waals surface area contributed by atoms with E-state index in [0.29, 0.717) is 22.8 Å². The molecule has 114 valence electrons. The first-order valence-corrected chi connectivity index (χ1v) is 7.53. The second-order valence-corrected chi connectivity index (χ2v) is 6.99. The van der Waals surface area contributed by atoms with Gasteiger partial charge in [-0.2, -0.15) is 0 Å². The van der Waals surface area contributed by atoms with E-state index in [1.54, 1.807) is 13.0 Å². The summed E-state index contributed by atoms with van der Waals surface area (Å²) in [6.45, 7) is 8.20. The molecule has 0 radical (unpaired) electrons. The third kappa shape index (κ3) is 4.32. The fourth-order valence-electron chi connectivity index (χ4n) is 1.77. The molecule has 1 heterocycles.